The van der Waals surface area contributed by atoms with E-state index < -0.39 is 0 Å². The summed E-state index contributed by atoms with van der Waals surface area (Å²) in [6.07, 6.45) is 1.99. The van der Waals surface area contributed by atoms with Gasteiger partial charge in [0.15, 0.2) is 6.61 Å². The Kier molecular flexibility index (Phi) is 7.19. The van der Waals surface area contributed by atoms with E-state index in [-0.39, 0.29) is 18.6 Å². The van der Waals surface area contributed by atoms with E-state index in [0.29, 0.717) is 13.2 Å². The maximum atomic E-state index is 12.1. The molecule has 1 fully saturated rings. The summed E-state index contributed by atoms with van der Waals surface area (Å²) in [5.74, 6) is 0.765. The second-order valence-electron chi connectivity index (χ2n) is 5.25. The first-order valence-electron chi connectivity index (χ1n) is 7.94. The van der Waals surface area contributed by atoms with E-state index in [9.17, 15) is 4.79 Å². The Morgan fingerprint density at radius 1 is 1.18 bits per heavy atom. The third-order valence-electron chi connectivity index (χ3n) is 3.69. The molecule has 1 saturated heterocycles. The van der Waals surface area contributed by atoms with Crippen molar-refractivity contribution in [2.24, 2.45) is 0 Å². The van der Waals surface area contributed by atoms with Gasteiger partial charge < -0.3 is 19.1 Å². The number of carbonyl (C=O) groups is 1. The molecular formula is C17H25NO4. The zero-order chi connectivity index (χ0) is 15.6. The van der Waals surface area contributed by atoms with E-state index in [1.54, 1.807) is 0 Å². The highest BCUT2D eigenvalue weighted by Gasteiger charge is 2.23. The van der Waals surface area contributed by atoms with Crippen LogP contribution in [0.1, 0.15) is 19.8 Å². The van der Waals surface area contributed by atoms with Gasteiger partial charge in [-0.05, 0) is 31.9 Å². The second kappa shape index (κ2) is 9.43. The molecule has 122 valence electrons. The Balaban J connectivity index is 1.62. The topological polar surface area (TPSA) is 48.0 Å². The lowest BCUT2D eigenvalue weighted by atomic mass is 10.1. The number of carbonyl (C=O) groups excluding carboxylic acids is 1. The predicted molar refractivity (Wildman–Crippen MR) is 84.0 cm³/mol. The number of ether oxygens (including phenoxy) is 3. The van der Waals surface area contributed by atoms with Crippen LogP contribution in [0.25, 0.3) is 0 Å². The van der Waals surface area contributed by atoms with Crippen LogP contribution in [-0.2, 0) is 14.3 Å². The van der Waals surface area contributed by atoms with Crippen molar-refractivity contribution >= 4 is 5.91 Å². The van der Waals surface area contributed by atoms with Gasteiger partial charge in [0, 0.05) is 19.7 Å². The van der Waals surface area contributed by atoms with Gasteiger partial charge in [0.1, 0.15) is 5.75 Å². The molecule has 0 radical (unpaired) electrons. The number of likely N-dealkylation sites (tertiary alicyclic amines) is 1. The minimum absolute atomic E-state index is 0.0385. The highest BCUT2D eigenvalue weighted by Crippen LogP contribution is 2.14. The summed E-state index contributed by atoms with van der Waals surface area (Å²) in [6, 6.07) is 9.41. The van der Waals surface area contributed by atoms with E-state index in [1.165, 1.54) is 0 Å². The largest absolute Gasteiger partial charge is 0.484 e. The molecule has 1 aliphatic heterocycles. The molecule has 5 nitrogen and oxygen atoms in total. The number of rotatable bonds is 8. The molecule has 0 spiro atoms. The van der Waals surface area contributed by atoms with Crippen molar-refractivity contribution in [2.75, 3.05) is 39.5 Å². The van der Waals surface area contributed by atoms with Gasteiger partial charge in [-0.1, -0.05) is 18.2 Å². The smallest absolute Gasteiger partial charge is 0.260 e. The average Bonchev–Trinajstić information content (AvgIpc) is 2.58. The van der Waals surface area contributed by atoms with Crippen LogP contribution in [-0.4, -0.2) is 56.4 Å². The summed E-state index contributed by atoms with van der Waals surface area (Å²) >= 11 is 0. The van der Waals surface area contributed by atoms with Crippen LogP contribution >= 0.6 is 0 Å². The Hall–Kier alpha value is -1.59. The van der Waals surface area contributed by atoms with Crippen LogP contribution in [0.4, 0.5) is 0 Å². The Morgan fingerprint density at radius 2 is 1.91 bits per heavy atom. The molecule has 0 saturated carbocycles. The molecule has 0 atom stereocenters. The Labute approximate surface area is 132 Å². The fourth-order valence-electron chi connectivity index (χ4n) is 2.44. The van der Waals surface area contributed by atoms with Gasteiger partial charge in [-0.15, -0.1) is 0 Å². The normalized spacial score (nSPS) is 15.8. The average molecular weight is 307 g/mol. The third kappa shape index (κ3) is 5.66. The third-order valence-corrected chi connectivity index (χ3v) is 3.69. The molecule has 0 bridgehead atoms. The van der Waals surface area contributed by atoms with Crippen LogP contribution in [0, 0.1) is 0 Å². The van der Waals surface area contributed by atoms with Gasteiger partial charge in [-0.2, -0.15) is 0 Å². The maximum Gasteiger partial charge on any atom is 0.260 e. The quantitative estimate of drug-likeness (QED) is 0.690. The first-order chi connectivity index (χ1) is 10.8. The Morgan fingerprint density at radius 3 is 2.59 bits per heavy atom. The summed E-state index contributed by atoms with van der Waals surface area (Å²) in [4.78, 5) is 14.0. The predicted octanol–water partition coefficient (Wildman–Crippen LogP) is 2.11. The lowest BCUT2D eigenvalue weighted by Gasteiger charge is -2.31. The van der Waals surface area contributed by atoms with Crippen LogP contribution in [0.3, 0.4) is 0 Å². The first-order valence-corrected chi connectivity index (χ1v) is 7.94. The van der Waals surface area contributed by atoms with Crippen LogP contribution in [0.2, 0.25) is 0 Å². The molecule has 22 heavy (non-hydrogen) atoms. The van der Waals surface area contributed by atoms with Gasteiger partial charge in [-0.25, -0.2) is 0 Å². The van der Waals surface area contributed by atoms with Crippen molar-refractivity contribution in [2.45, 2.75) is 25.9 Å². The minimum atomic E-state index is 0.0385. The van der Waals surface area contributed by atoms with Crippen molar-refractivity contribution in [1.82, 2.24) is 4.90 Å². The fourth-order valence-corrected chi connectivity index (χ4v) is 2.44. The van der Waals surface area contributed by atoms with Crippen molar-refractivity contribution in [1.29, 1.82) is 0 Å². The highest BCUT2D eigenvalue weighted by molar-refractivity contribution is 5.77. The Bertz CT molecular complexity index is 430. The van der Waals surface area contributed by atoms with Crippen molar-refractivity contribution < 1.29 is 19.0 Å². The van der Waals surface area contributed by atoms with E-state index in [0.717, 1.165) is 38.3 Å². The molecule has 2 rings (SSSR count). The summed E-state index contributed by atoms with van der Waals surface area (Å²) in [7, 11) is 0. The van der Waals surface area contributed by atoms with Crippen LogP contribution in [0.5, 0.6) is 5.75 Å². The number of para-hydroxylation sites is 1. The lowest BCUT2D eigenvalue weighted by Crippen LogP contribution is -2.43. The molecule has 1 heterocycles. The lowest BCUT2D eigenvalue weighted by molar-refractivity contribution is -0.136. The fraction of sp³-hybridized carbons (Fsp3) is 0.588. The summed E-state index contributed by atoms with van der Waals surface area (Å²) in [5.41, 5.74) is 0. The molecule has 1 aromatic carbocycles. The number of hydrogen-bond donors (Lipinski definition) is 0. The van der Waals surface area contributed by atoms with Crippen LogP contribution in [0.15, 0.2) is 30.3 Å². The summed E-state index contributed by atoms with van der Waals surface area (Å²) in [5, 5.41) is 0. The molecule has 0 N–H and O–H groups in total. The van der Waals surface area contributed by atoms with Crippen LogP contribution < -0.4 is 4.74 Å². The van der Waals surface area contributed by atoms with Gasteiger partial charge >= 0.3 is 0 Å². The van der Waals surface area contributed by atoms with Crippen molar-refractivity contribution in [3.05, 3.63) is 30.3 Å². The molecule has 1 aliphatic rings. The van der Waals surface area contributed by atoms with E-state index in [1.807, 2.05) is 42.2 Å². The molecule has 1 aromatic rings. The number of benzene rings is 1. The van der Waals surface area contributed by atoms with Gasteiger partial charge in [-0.3, -0.25) is 4.79 Å². The van der Waals surface area contributed by atoms with E-state index in [2.05, 4.69) is 0 Å². The second-order valence-corrected chi connectivity index (χ2v) is 5.25. The monoisotopic (exact) mass is 307 g/mol. The van der Waals surface area contributed by atoms with Crippen molar-refractivity contribution in [3.8, 4) is 5.75 Å². The molecule has 0 aromatic heterocycles. The number of piperidine rings is 1. The van der Waals surface area contributed by atoms with Gasteiger partial charge in [0.2, 0.25) is 0 Å². The van der Waals surface area contributed by atoms with E-state index >= 15 is 0 Å². The molecule has 5 heteroatoms. The zero-order valence-corrected chi connectivity index (χ0v) is 13.2. The minimum Gasteiger partial charge on any atom is -0.484 e. The summed E-state index contributed by atoms with van der Waals surface area (Å²) < 4.78 is 16.5. The molecule has 0 unspecified atom stereocenters. The summed E-state index contributed by atoms with van der Waals surface area (Å²) in [6.45, 7) is 5.52. The van der Waals surface area contributed by atoms with E-state index in [4.69, 9.17) is 14.2 Å². The highest BCUT2D eigenvalue weighted by atomic mass is 16.5. The van der Waals surface area contributed by atoms with Crippen molar-refractivity contribution in [3.63, 3.8) is 0 Å². The molecule has 0 aliphatic carbocycles. The van der Waals surface area contributed by atoms with Gasteiger partial charge in [0.05, 0.1) is 19.3 Å². The zero-order valence-electron chi connectivity index (χ0n) is 13.2. The maximum absolute atomic E-state index is 12.1. The molecular weight excluding hydrogens is 282 g/mol. The number of nitrogens with zero attached hydrogens (tertiary/aromatic N) is 1. The van der Waals surface area contributed by atoms with Gasteiger partial charge in [0.25, 0.3) is 5.91 Å². The first kappa shape index (κ1) is 16.8. The number of hydrogen-bond acceptors (Lipinski definition) is 4. The molecule has 1 amide bonds. The SMILES string of the molecule is CCOCCOC1CCN(C(=O)COc2ccccc2)CC1. The standard InChI is InChI=1S/C17H25NO4/c1-2-20-12-13-21-16-8-10-18(11-9-16)17(19)14-22-15-6-4-3-5-7-15/h3-7,16H,2,8-14H2,1H3. The number of amides is 1.